The molecule has 0 amide bonds. The van der Waals surface area contributed by atoms with Crippen molar-refractivity contribution in [2.24, 2.45) is 0 Å². The zero-order chi connectivity index (χ0) is 13.0. The van der Waals surface area contributed by atoms with E-state index in [0.29, 0.717) is 16.9 Å². The Morgan fingerprint density at radius 1 is 1.17 bits per heavy atom. The van der Waals surface area contributed by atoms with Crippen LogP contribution in [-0.2, 0) is 10.0 Å². The second kappa shape index (κ2) is 5.23. The fraction of sp³-hybridized carbons (Fsp3) is 0.300. The quantitative estimate of drug-likeness (QED) is 0.790. The predicted octanol–water partition coefficient (Wildman–Crippen LogP) is -0.0141. The molecule has 0 unspecified atom stereocenters. The molecule has 0 aliphatic heterocycles. The Bertz CT molecular complexity index is 638. The average Bonchev–Trinajstić information content (AvgIpc) is 2.39. The van der Waals surface area contributed by atoms with Crippen LogP contribution in [0.3, 0.4) is 0 Å². The molecular weight excluding hydrogens is 254 g/mol. The number of hydrogen-bond acceptors (Lipinski definition) is 6. The highest BCUT2D eigenvalue weighted by atomic mass is 32.2. The van der Waals surface area contributed by atoms with Crippen molar-refractivity contribution in [3.8, 4) is 0 Å². The largest absolute Gasteiger partial charge is 0.367 e. The van der Waals surface area contributed by atoms with Crippen LogP contribution in [-0.4, -0.2) is 42.7 Å². The standard InChI is InChI=1S/C10H13N5O2S/c1-11-18(16,17)7-6-15-10-9-8(2-3-14-10)12-4-5-13-9/h2-5,11H,6-7H2,1H3,(H,14,15). The van der Waals surface area contributed by atoms with Crippen LogP contribution in [0.1, 0.15) is 0 Å². The van der Waals surface area contributed by atoms with Crippen LogP contribution >= 0.6 is 0 Å². The lowest BCUT2D eigenvalue weighted by atomic mass is 10.3. The number of pyridine rings is 1. The van der Waals surface area contributed by atoms with E-state index in [-0.39, 0.29) is 12.3 Å². The molecule has 0 radical (unpaired) electrons. The van der Waals surface area contributed by atoms with E-state index >= 15 is 0 Å². The second-order valence-corrected chi connectivity index (χ2v) is 5.58. The van der Waals surface area contributed by atoms with E-state index in [1.807, 2.05) is 0 Å². The van der Waals surface area contributed by atoms with Crippen LogP contribution in [0.5, 0.6) is 0 Å². The van der Waals surface area contributed by atoms with Gasteiger partial charge < -0.3 is 5.32 Å². The molecule has 18 heavy (non-hydrogen) atoms. The molecular formula is C10H13N5O2S. The van der Waals surface area contributed by atoms with Crippen molar-refractivity contribution >= 4 is 26.9 Å². The Labute approximate surface area is 105 Å². The summed E-state index contributed by atoms with van der Waals surface area (Å²) in [5.41, 5.74) is 1.34. The van der Waals surface area contributed by atoms with E-state index < -0.39 is 10.0 Å². The molecule has 2 aromatic rings. The van der Waals surface area contributed by atoms with Crippen molar-refractivity contribution in [3.05, 3.63) is 24.7 Å². The van der Waals surface area contributed by atoms with E-state index in [1.54, 1.807) is 24.7 Å². The number of hydrogen-bond donors (Lipinski definition) is 2. The highest BCUT2D eigenvalue weighted by molar-refractivity contribution is 7.89. The predicted molar refractivity (Wildman–Crippen MR) is 68.7 cm³/mol. The van der Waals surface area contributed by atoms with Crippen LogP contribution in [0.25, 0.3) is 11.0 Å². The molecule has 0 aliphatic carbocycles. The minimum Gasteiger partial charge on any atom is -0.367 e. The van der Waals surface area contributed by atoms with E-state index in [9.17, 15) is 8.42 Å². The van der Waals surface area contributed by atoms with Gasteiger partial charge in [-0.1, -0.05) is 0 Å². The highest BCUT2D eigenvalue weighted by Gasteiger charge is 2.08. The molecule has 0 aromatic carbocycles. The molecule has 0 fully saturated rings. The molecule has 2 aromatic heterocycles. The smallest absolute Gasteiger partial charge is 0.213 e. The van der Waals surface area contributed by atoms with Crippen LogP contribution in [0.2, 0.25) is 0 Å². The summed E-state index contributed by atoms with van der Waals surface area (Å²) >= 11 is 0. The lowest BCUT2D eigenvalue weighted by Gasteiger charge is -2.07. The number of nitrogens with one attached hydrogen (secondary N) is 2. The summed E-state index contributed by atoms with van der Waals surface area (Å²) in [6, 6.07) is 1.75. The van der Waals surface area contributed by atoms with Gasteiger partial charge in [0.25, 0.3) is 0 Å². The van der Waals surface area contributed by atoms with Crippen LogP contribution in [0, 0.1) is 0 Å². The first-order valence-electron chi connectivity index (χ1n) is 5.33. The van der Waals surface area contributed by atoms with E-state index in [1.165, 1.54) is 7.05 Å². The maximum absolute atomic E-state index is 11.3. The SMILES string of the molecule is CNS(=O)(=O)CCNc1nccc2nccnc12. The van der Waals surface area contributed by atoms with Crippen molar-refractivity contribution in [1.82, 2.24) is 19.7 Å². The average molecular weight is 267 g/mol. The van der Waals surface area contributed by atoms with Gasteiger partial charge in [0.2, 0.25) is 10.0 Å². The van der Waals surface area contributed by atoms with E-state index in [0.717, 1.165) is 0 Å². The molecule has 0 spiro atoms. The van der Waals surface area contributed by atoms with Gasteiger partial charge in [0.15, 0.2) is 5.82 Å². The summed E-state index contributed by atoms with van der Waals surface area (Å²) in [6.07, 6.45) is 4.77. The summed E-state index contributed by atoms with van der Waals surface area (Å²) in [5.74, 6) is 0.508. The molecule has 2 rings (SSSR count). The Morgan fingerprint density at radius 3 is 2.72 bits per heavy atom. The molecule has 2 heterocycles. The minimum absolute atomic E-state index is 0.0260. The molecule has 0 aliphatic rings. The number of rotatable bonds is 5. The lowest BCUT2D eigenvalue weighted by molar-refractivity contribution is 0.588. The number of anilines is 1. The highest BCUT2D eigenvalue weighted by Crippen LogP contribution is 2.15. The number of aromatic nitrogens is 3. The third-order valence-corrected chi connectivity index (χ3v) is 3.72. The van der Waals surface area contributed by atoms with Crippen molar-refractivity contribution in [2.75, 3.05) is 24.7 Å². The van der Waals surface area contributed by atoms with Crippen molar-refractivity contribution in [2.45, 2.75) is 0 Å². The van der Waals surface area contributed by atoms with E-state index in [2.05, 4.69) is 25.0 Å². The van der Waals surface area contributed by atoms with Gasteiger partial charge in [-0.15, -0.1) is 0 Å². The lowest BCUT2D eigenvalue weighted by Crippen LogP contribution is -2.26. The Hall–Kier alpha value is -1.80. The van der Waals surface area contributed by atoms with Gasteiger partial charge >= 0.3 is 0 Å². The maximum Gasteiger partial charge on any atom is 0.213 e. The fourth-order valence-corrected chi connectivity index (χ4v) is 2.01. The van der Waals surface area contributed by atoms with Gasteiger partial charge in [-0.2, -0.15) is 0 Å². The summed E-state index contributed by atoms with van der Waals surface area (Å²) in [4.78, 5) is 12.4. The number of nitrogens with zero attached hydrogens (tertiary/aromatic N) is 3. The normalized spacial score (nSPS) is 11.6. The van der Waals surface area contributed by atoms with Crippen LogP contribution in [0.4, 0.5) is 5.82 Å². The van der Waals surface area contributed by atoms with E-state index in [4.69, 9.17) is 0 Å². The molecule has 96 valence electrons. The first-order valence-corrected chi connectivity index (χ1v) is 6.98. The summed E-state index contributed by atoms with van der Waals surface area (Å²) in [6.45, 7) is 0.256. The first-order chi connectivity index (χ1) is 8.62. The van der Waals surface area contributed by atoms with Gasteiger partial charge in [0, 0.05) is 25.1 Å². The Morgan fingerprint density at radius 2 is 1.94 bits per heavy atom. The monoisotopic (exact) mass is 267 g/mol. The topological polar surface area (TPSA) is 96.9 Å². The first kappa shape index (κ1) is 12.7. The third kappa shape index (κ3) is 2.90. The summed E-state index contributed by atoms with van der Waals surface area (Å²) < 4.78 is 24.8. The molecule has 0 bridgehead atoms. The summed E-state index contributed by atoms with van der Waals surface area (Å²) in [7, 11) is -1.83. The van der Waals surface area contributed by atoms with Crippen molar-refractivity contribution < 1.29 is 8.42 Å². The summed E-state index contributed by atoms with van der Waals surface area (Å²) in [5, 5.41) is 2.95. The zero-order valence-electron chi connectivity index (χ0n) is 9.79. The Kier molecular flexibility index (Phi) is 3.68. The van der Waals surface area contributed by atoms with Gasteiger partial charge in [-0.25, -0.2) is 23.1 Å². The maximum atomic E-state index is 11.3. The molecule has 0 atom stereocenters. The Balaban J connectivity index is 2.13. The third-order valence-electron chi connectivity index (χ3n) is 2.36. The van der Waals surface area contributed by atoms with Gasteiger partial charge in [0.05, 0.1) is 11.3 Å². The molecule has 0 saturated heterocycles. The zero-order valence-corrected chi connectivity index (χ0v) is 10.6. The van der Waals surface area contributed by atoms with Crippen molar-refractivity contribution in [1.29, 1.82) is 0 Å². The minimum atomic E-state index is -3.22. The van der Waals surface area contributed by atoms with Gasteiger partial charge in [-0.3, -0.25) is 4.98 Å². The molecule has 8 heteroatoms. The fourth-order valence-electron chi connectivity index (χ4n) is 1.43. The van der Waals surface area contributed by atoms with Crippen LogP contribution < -0.4 is 10.0 Å². The number of fused-ring (bicyclic) bond motifs is 1. The number of sulfonamides is 1. The van der Waals surface area contributed by atoms with Gasteiger partial charge in [0.1, 0.15) is 5.52 Å². The van der Waals surface area contributed by atoms with Crippen molar-refractivity contribution in [3.63, 3.8) is 0 Å². The van der Waals surface area contributed by atoms with Gasteiger partial charge in [-0.05, 0) is 13.1 Å². The molecule has 0 saturated carbocycles. The van der Waals surface area contributed by atoms with Crippen LogP contribution in [0.15, 0.2) is 24.7 Å². The second-order valence-electron chi connectivity index (χ2n) is 3.53. The molecule has 7 nitrogen and oxygen atoms in total. The molecule has 2 N–H and O–H groups in total.